The Bertz CT molecular complexity index is 332. The van der Waals surface area contributed by atoms with Crippen molar-refractivity contribution in [1.29, 1.82) is 0 Å². The Morgan fingerprint density at radius 3 is 2.19 bits per heavy atom. The molecule has 4 heteroatoms. The molecule has 1 rings (SSSR count). The highest BCUT2D eigenvalue weighted by Gasteiger charge is 2.36. The molecule has 4 nitrogen and oxygen atoms in total. The van der Waals surface area contributed by atoms with Gasteiger partial charge in [0.05, 0.1) is 7.11 Å². The standard InChI is InChI=1S/C12H18O4/c1-12(13,11(15-3)16-4)9-7-5-6-8-10(9)14-2/h5-8,11,13H,1-4H3. The lowest BCUT2D eigenvalue weighted by molar-refractivity contribution is -0.213. The Hall–Kier alpha value is -1.10. The van der Waals surface area contributed by atoms with Crippen LogP contribution in [0.1, 0.15) is 12.5 Å². The van der Waals surface area contributed by atoms with Crippen molar-refractivity contribution in [3.05, 3.63) is 29.8 Å². The highest BCUT2D eigenvalue weighted by Crippen LogP contribution is 2.33. The highest BCUT2D eigenvalue weighted by molar-refractivity contribution is 5.38. The summed E-state index contributed by atoms with van der Waals surface area (Å²) in [5, 5.41) is 10.4. The molecule has 1 unspecified atom stereocenters. The van der Waals surface area contributed by atoms with Crippen molar-refractivity contribution in [3.63, 3.8) is 0 Å². The molecule has 0 saturated carbocycles. The van der Waals surface area contributed by atoms with Crippen LogP contribution in [-0.4, -0.2) is 32.7 Å². The normalized spacial score (nSPS) is 14.9. The van der Waals surface area contributed by atoms with E-state index < -0.39 is 11.9 Å². The summed E-state index contributed by atoms with van der Waals surface area (Å²) in [7, 11) is 4.53. The molecule has 90 valence electrons. The van der Waals surface area contributed by atoms with Gasteiger partial charge in [0.2, 0.25) is 0 Å². The average Bonchev–Trinajstić information content (AvgIpc) is 2.30. The SMILES string of the molecule is COc1ccccc1C(C)(O)C(OC)OC. The number of para-hydroxylation sites is 1. The second-order valence-corrected chi connectivity index (χ2v) is 3.65. The van der Waals surface area contributed by atoms with Crippen LogP contribution in [0.25, 0.3) is 0 Å². The Morgan fingerprint density at radius 1 is 1.12 bits per heavy atom. The van der Waals surface area contributed by atoms with Crippen molar-refractivity contribution >= 4 is 0 Å². The second kappa shape index (κ2) is 5.30. The lowest BCUT2D eigenvalue weighted by Crippen LogP contribution is -2.39. The van der Waals surface area contributed by atoms with Crippen LogP contribution in [0.4, 0.5) is 0 Å². The third-order valence-corrected chi connectivity index (χ3v) is 2.54. The average molecular weight is 226 g/mol. The van der Waals surface area contributed by atoms with Gasteiger partial charge in [0, 0.05) is 19.8 Å². The third-order valence-electron chi connectivity index (χ3n) is 2.54. The maximum atomic E-state index is 10.4. The molecule has 0 bridgehead atoms. The number of hydrogen-bond donors (Lipinski definition) is 1. The van der Waals surface area contributed by atoms with E-state index >= 15 is 0 Å². The monoisotopic (exact) mass is 226 g/mol. The highest BCUT2D eigenvalue weighted by atomic mass is 16.7. The van der Waals surface area contributed by atoms with Crippen LogP contribution in [0, 0.1) is 0 Å². The van der Waals surface area contributed by atoms with Crippen molar-refractivity contribution in [2.75, 3.05) is 21.3 Å². The maximum absolute atomic E-state index is 10.4. The molecule has 16 heavy (non-hydrogen) atoms. The van der Waals surface area contributed by atoms with Gasteiger partial charge in [-0.05, 0) is 13.0 Å². The smallest absolute Gasteiger partial charge is 0.189 e. The number of rotatable bonds is 5. The lowest BCUT2D eigenvalue weighted by Gasteiger charge is -2.31. The van der Waals surface area contributed by atoms with Gasteiger partial charge >= 0.3 is 0 Å². The molecule has 1 aromatic carbocycles. The summed E-state index contributed by atoms with van der Waals surface area (Å²) in [6.45, 7) is 1.63. The predicted molar refractivity (Wildman–Crippen MR) is 60.4 cm³/mol. The van der Waals surface area contributed by atoms with Crippen LogP contribution in [-0.2, 0) is 15.1 Å². The van der Waals surface area contributed by atoms with Crippen LogP contribution in [0.15, 0.2) is 24.3 Å². The molecular weight excluding hydrogens is 208 g/mol. The van der Waals surface area contributed by atoms with Crippen LogP contribution in [0.2, 0.25) is 0 Å². The van der Waals surface area contributed by atoms with Gasteiger partial charge < -0.3 is 19.3 Å². The summed E-state index contributed by atoms with van der Waals surface area (Å²) in [5.74, 6) is 0.603. The van der Waals surface area contributed by atoms with Gasteiger partial charge in [0.1, 0.15) is 11.4 Å². The zero-order valence-corrected chi connectivity index (χ0v) is 10.1. The molecule has 1 aromatic rings. The number of benzene rings is 1. The number of aliphatic hydroxyl groups is 1. The molecule has 0 aliphatic rings. The third kappa shape index (κ3) is 2.35. The molecule has 0 spiro atoms. The van der Waals surface area contributed by atoms with Gasteiger partial charge in [-0.15, -0.1) is 0 Å². The molecule has 0 amide bonds. The van der Waals surface area contributed by atoms with E-state index in [1.165, 1.54) is 14.2 Å². The molecular formula is C12H18O4. The van der Waals surface area contributed by atoms with Gasteiger partial charge in [0.15, 0.2) is 6.29 Å². The summed E-state index contributed by atoms with van der Waals surface area (Å²) in [6, 6.07) is 7.23. The van der Waals surface area contributed by atoms with E-state index in [1.54, 1.807) is 26.2 Å². The molecule has 1 N–H and O–H groups in total. The van der Waals surface area contributed by atoms with Crippen molar-refractivity contribution in [2.24, 2.45) is 0 Å². The molecule has 0 aromatic heterocycles. The van der Waals surface area contributed by atoms with Crippen LogP contribution >= 0.6 is 0 Å². The van der Waals surface area contributed by atoms with Crippen molar-refractivity contribution in [1.82, 2.24) is 0 Å². The molecule has 0 aliphatic carbocycles. The van der Waals surface area contributed by atoms with Crippen molar-refractivity contribution < 1.29 is 19.3 Å². The van der Waals surface area contributed by atoms with Crippen LogP contribution in [0.5, 0.6) is 5.75 Å². The summed E-state index contributed by atoms with van der Waals surface area (Å²) in [5.41, 5.74) is -0.637. The first kappa shape index (κ1) is 13.0. The van der Waals surface area contributed by atoms with E-state index in [9.17, 15) is 5.11 Å². The first-order valence-corrected chi connectivity index (χ1v) is 4.99. The van der Waals surface area contributed by atoms with Gasteiger partial charge in [0.25, 0.3) is 0 Å². The van der Waals surface area contributed by atoms with E-state index in [0.717, 1.165) is 0 Å². The molecule has 0 radical (unpaired) electrons. The minimum atomic E-state index is -1.27. The Morgan fingerprint density at radius 2 is 1.69 bits per heavy atom. The summed E-state index contributed by atoms with van der Waals surface area (Å²) >= 11 is 0. The minimum Gasteiger partial charge on any atom is -0.496 e. The fourth-order valence-corrected chi connectivity index (χ4v) is 1.74. The van der Waals surface area contributed by atoms with Crippen LogP contribution in [0.3, 0.4) is 0 Å². The first-order chi connectivity index (χ1) is 7.57. The summed E-state index contributed by atoms with van der Waals surface area (Å²) in [4.78, 5) is 0. The molecule has 1 atom stereocenters. The van der Waals surface area contributed by atoms with Crippen molar-refractivity contribution in [2.45, 2.75) is 18.8 Å². The molecule has 0 aliphatic heterocycles. The lowest BCUT2D eigenvalue weighted by atomic mass is 9.94. The topological polar surface area (TPSA) is 47.9 Å². The zero-order valence-electron chi connectivity index (χ0n) is 10.1. The maximum Gasteiger partial charge on any atom is 0.189 e. The quantitative estimate of drug-likeness (QED) is 0.773. The van der Waals surface area contributed by atoms with Gasteiger partial charge in [-0.2, -0.15) is 0 Å². The Kier molecular flexibility index (Phi) is 4.29. The molecule has 0 fully saturated rings. The van der Waals surface area contributed by atoms with E-state index in [-0.39, 0.29) is 0 Å². The fraction of sp³-hybridized carbons (Fsp3) is 0.500. The number of methoxy groups -OCH3 is 3. The Labute approximate surface area is 95.8 Å². The zero-order chi connectivity index (χ0) is 12.2. The van der Waals surface area contributed by atoms with E-state index in [0.29, 0.717) is 11.3 Å². The largest absolute Gasteiger partial charge is 0.496 e. The Balaban J connectivity index is 3.14. The van der Waals surface area contributed by atoms with E-state index in [1.807, 2.05) is 12.1 Å². The first-order valence-electron chi connectivity index (χ1n) is 4.99. The van der Waals surface area contributed by atoms with Crippen molar-refractivity contribution in [3.8, 4) is 5.75 Å². The predicted octanol–water partition coefficient (Wildman–Crippen LogP) is 1.52. The van der Waals surface area contributed by atoms with E-state index in [4.69, 9.17) is 14.2 Å². The fourth-order valence-electron chi connectivity index (χ4n) is 1.74. The summed E-state index contributed by atoms with van der Waals surface area (Å²) in [6.07, 6.45) is -0.746. The van der Waals surface area contributed by atoms with Gasteiger partial charge in [-0.25, -0.2) is 0 Å². The van der Waals surface area contributed by atoms with Gasteiger partial charge in [-0.3, -0.25) is 0 Å². The minimum absolute atomic E-state index is 0.603. The van der Waals surface area contributed by atoms with Crippen LogP contribution < -0.4 is 4.74 Å². The number of hydrogen-bond acceptors (Lipinski definition) is 4. The molecule has 0 saturated heterocycles. The number of ether oxygens (including phenoxy) is 3. The second-order valence-electron chi connectivity index (χ2n) is 3.65. The van der Waals surface area contributed by atoms with Gasteiger partial charge in [-0.1, -0.05) is 18.2 Å². The van der Waals surface area contributed by atoms with E-state index in [2.05, 4.69) is 0 Å². The summed E-state index contributed by atoms with van der Waals surface area (Å²) < 4.78 is 15.4. The molecule has 0 heterocycles.